The van der Waals surface area contributed by atoms with E-state index in [-0.39, 0.29) is 29.0 Å². The number of benzene rings is 1. The Morgan fingerprint density at radius 2 is 1.91 bits per heavy atom. The van der Waals surface area contributed by atoms with Gasteiger partial charge in [-0.1, -0.05) is 6.08 Å². The second-order valence-corrected chi connectivity index (χ2v) is 4.93. The van der Waals surface area contributed by atoms with E-state index in [2.05, 4.69) is 6.58 Å². The molecule has 1 aliphatic rings. The molecule has 1 atom stereocenters. The number of rotatable bonds is 5. The van der Waals surface area contributed by atoms with Crippen LogP contribution in [0.1, 0.15) is 44.9 Å². The number of fused-ring (bicyclic) bond motifs is 1. The average Bonchev–Trinajstić information content (AvgIpc) is 2.72. The third kappa shape index (κ3) is 2.67. The Labute approximate surface area is 127 Å². The summed E-state index contributed by atoms with van der Waals surface area (Å²) in [6.07, 6.45) is 0.584. The normalized spacial score (nSPS) is 14.5. The lowest BCUT2D eigenvalue weighted by molar-refractivity contribution is -0.124. The lowest BCUT2D eigenvalue weighted by Crippen LogP contribution is -2.29. The summed E-state index contributed by atoms with van der Waals surface area (Å²) in [5.41, 5.74) is 0.508. The molecule has 1 unspecified atom stereocenters. The van der Waals surface area contributed by atoms with Gasteiger partial charge in [-0.2, -0.15) is 0 Å². The summed E-state index contributed by atoms with van der Waals surface area (Å²) in [5, 5.41) is 0. The molecule has 6 nitrogen and oxygen atoms in total. The molecule has 114 valence electrons. The Kier molecular flexibility index (Phi) is 4.21. The lowest BCUT2D eigenvalue weighted by Gasteiger charge is -2.10. The Morgan fingerprint density at radius 3 is 2.50 bits per heavy atom. The number of ether oxygens (including phenoxy) is 1. The van der Waals surface area contributed by atoms with Gasteiger partial charge in [-0.15, -0.1) is 6.58 Å². The molecule has 6 heteroatoms. The van der Waals surface area contributed by atoms with Crippen molar-refractivity contribution in [1.82, 2.24) is 4.90 Å². The largest absolute Gasteiger partial charge is 0.451 e. The van der Waals surface area contributed by atoms with E-state index in [4.69, 9.17) is 4.74 Å². The molecule has 1 heterocycles. The van der Waals surface area contributed by atoms with Crippen LogP contribution >= 0.6 is 0 Å². The number of carbonyl (C=O) groups excluding carboxylic acids is 4. The molecule has 0 radical (unpaired) electrons. The zero-order chi connectivity index (χ0) is 16.4. The molecule has 0 spiro atoms. The van der Waals surface area contributed by atoms with Crippen LogP contribution in [-0.4, -0.2) is 41.1 Å². The summed E-state index contributed by atoms with van der Waals surface area (Å²) in [6, 6.07) is 4.12. The Hall–Kier alpha value is -2.76. The molecule has 22 heavy (non-hydrogen) atoms. The molecule has 0 aliphatic carbocycles. The first-order chi connectivity index (χ1) is 10.4. The third-order valence-corrected chi connectivity index (χ3v) is 3.37. The van der Waals surface area contributed by atoms with Crippen LogP contribution in [0.3, 0.4) is 0 Å². The van der Waals surface area contributed by atoms with Gasteiger partial charge >= 0.3 is 5.97 Å². The highest BCUT2D eigenvalue weighted by molar-refractivity contribution is 6.22. The monoisotopic (exact) mass is 301 g/mol. The number of nitrogens with zero attached hydrogens (tertiary/aromatic N) is 1. The van der Waals surface area contributed by atoms with Crippen LogP contribution in [0.4, 0.5) is 0 Å². The SMILES string of the molecule is C=CCN1C(=O)c2ccc(C(=O)OC(C)C(C)=O)cc2C1=O. The molecule has 0 saturated carbocycles. The molecule has 2 rings (SSSR count). The highest BCUT2D eigenvalue weighted by Gasteiger charge is 2.35. The first-order valence-corrected chi connectivity index (χ1v) is 6.69. The van der Waals surface area contributed by atoms with Crippen molar-refractivity contribution in [3.8, 4) is 0 Å². The van der Waals surface area contributed by atoms with Gasteiger partial charge in [-0.05, 0) is 32.0 Å². The fourth-order valence-corrected chi connectivity index (χ4v) is 2.02. The van der Waals surface area contributed by atoms with Crippen LogP contribution in [0.2, 0.25) is 0 Å². The second-order valence-electron chi connectivity index (χ2n) is 4.93. The molecule has 2 amide bonds. The first-order valence-electron chi connectivity index (χ1n) is 6.69. The number of carbonyl (C=O) groups is 4. The number of esters is 1. The summed E-state index contributed by atoms with van der Waals surface area (Å²) in [7, 11) is 0. The maximum absolute atomic E-state index is 12.2. The maximum Gasteiger partial charge on any atom is 0.338 e. The van der Waals surface area contributed by atoms with Crippen LogP contribution < -0.4 is 0 Å². The van der Waals surface area contributed by atoms with Gasteiger partial charge in [0.2, 0.25) is 0 Å². The van der Waals surface area contributed by atoms with Gasteiger partial charge in [0.1, 0.15) is 0 Å². The molecule has 1 aliphatic heterocycles. The van der Waals surface area contributed by atoms with E-state index in [0.29, 0.717) is 0 Å². The van der Waals surface area contributed by atoms with Crippen molar-refractivity contribution in [1.29, 1.82) is 0 Å². The number of amides is 2. The molecule has 0 bridgehead atoms. The smallest absolute Gasteiger partial charge is 0.338 e. The van der Waals surface area contributed by atoms with E-state index in [1.165, 1.54) is 38.1 Å². The molecule has 0 fully saturated rings. The quantitative estimate of drug-likeness (QED) is 0.469. The standard InChI is InChI=1S/C16H15NO5/c1-4-7-17-14(19)12-6-5-11(8-13(12)15(17)20)16(21)22-10(3)9(2)18/h4-6,8,10H,1,7H2,2-3H3. The van der Waals surface area contributed by atoms with Crippen molar-refractivity contribution < 1.29 is 23.9 Å². The van der Waals surface area contributed by atoms with Gasteiger partial charge < -0.3 is 4.74 Å². The van der Waals surface area contributed by atoms with Crippen LogP contribution in [0.15, 0.2) is 30.9 Å². The molecule has 1 aromatic rings. The fraction of sp³-hybridized carbons (Fsp3) is 0.250. The van der Waals surface area contributed by atoms with Crippen LogP contribution in [0.25, 0.3) is 0 Å². The van der Waals surface area contributed by atoms with Gasteiger partial charge in [0.05, 0.1) is 16.7 Å². The summed E-state index contributed by atoms with van der Waals surface area (Å²) in [5.74, 6) is -1.89. The number of hydrogen-bond donors (Lipinski definition) is 0. The molecule has 0 N–H and O–H groups in total. The van der Waals surface area contributed by atoms with Crippen molar-refractivity contribution in [2.75, 3.05) is 6.54 Å². The van der Waals surface area contributed by atoms with Crippen molar-refractivity contribution in [3.05, 3.63) is 47.5 Å². The van der Waals surface area contributed by atoms with Crippen LogP contribution in [0, 0.1) is 0 Å². The van der Waals surface area contributed by atoms with Gasteiger partial charge in [-0.25, -0.2) is 4.79 Å². The van der Waals surface area contributed by atoms with Gasteiger partial charge in [-0.3, -0.25) is 19.3 Å². The van der Waals surface area contributed by atoms with Crippen molar-refractivity contribution in [2.45, 2.75) is 20.0 Å². The maximum atomic E-state index is 12.2. The van der Waals surface area contributed by atoms with Crippen molar-refractivity contribution in [3.63, 3.8) is 0 Å². The van der Waals surface area contributed by atoms with E-state index in [0.717, 1.165) is 4.90 Å². The number of hydrogen-bond acceptors (Lipinski definition) is 5. The summed E-state index contributed by atoms with van der Waals surface area (Å²) in [6.45, 7) is 6.39. The van der Waals surface area contributed by atoms with E-state index in [1.807, 2.05) is 0 Å². The first kappa shape index (κ1) is 15.6. The van der Waals surface area contributed by atoms with Crippen molar-refractivity contribution >= 4 is 23.6 Å². The summed E-state index contributed by atoms with van der Waals surface area (Å²) in [4.78, 5) is 48.3. The molecule has 0 aromatic heterocycles. The van der Waals surface area contributed by atoms with E-state index in [9.17, 15) is 19.2 Å². The number of Topliss-reactive ketones (excluding diaryl/α,β-unsaturated/α-hetero) is 1. The zero-order valence-corrected chi connectivity index (χ0v) is 12.3. The molecule has 1 aromatic carbocycles. The van der Waals surface area contributed by atoms with Crippen molar-refractivity contribution in [2.24, 2.45) is 0 Å². The topological polar surface area (TPSA) is 80.8 Å². The van der Waals surface area contributed by atoms with E-state index in [1.54, 1.807) is 0 Å². The fourth-order valence-electron chi connectivity index (χ4n) is 2.02. The Balaban J connectivity index is 2.29. The second kappa shape index (κ2) is 5.93. The minimum absolute atomic E-state index is 0.105. The van der Waals surface area contributed by atoms with Gasteiger partial charge in [0.15, 0.2) is 11.9 Å². The molecular formula is C16H15NO5. The summed E-state index contributed by atoms with van der Waals surface area (Å²) < 4.78 is 4.98. The minimum atomic E-state index is -0.865. The van der Waals surface area contributed by atoms with E-state index >= 15 is 0 Å². The molecular weight excluding hydrogens is 286 g/mol. The predicted molar refractivity (Wildman–Crippen MR) is 77.6 cm³/mol. The zero-order valence-electron chi connectivity index (χ0n) is 12.3. The van der Waals surface area contributed by atoms with Crippen LogP contribution in [0.5, 0.6) is 0 Å². The predicted octanol–water partition coefficient (Wildman–Crippen LogP) is 1.60. The molecule has 0 saturated heterocycles. The highest BCUT2D eigenvalue weighted by Crippen LogP contribution is 2.24. The average molecular weight is 301 g/mol. The Morgan fingerprint density at radius 1 is 1.27 bits per heavy atom. The van der Waals surface area contributed by atoms with Gasteiger partial charge in [0.25, 0.3) is 11.8 Å². The Bertz CT molecular complexity index is 692. The number of imide groups is 1. The van der Waals surface area contributed by atoms with E-state index < -0.39 is 23.9 Å². The summed E-state index contributed by atoms with van der Waals surface area (Å²) >= 11 is 0. The van der Waals surface area contributed by atoms with Gasteiger partial charge in [0, 0.05) is 6.54 Å². The van der Waals surface area contributed by atoms with Crippen LogP contribution in [-0.2, 0) is 9.53 Å². The number of ketones is 1. The highest BCUT2D eigenvalue weighted by atomic mass is 16.5. The minimum Gasteiger partial charge on any atom is -0.451 e. The lowest BCUT2D eigenvalue weighted by atomic mass is 10.1. The third-order valence-electron chi connectivity index (χ3n) is 3.37.